The minimum atomic E-state index is -0.380. The zero-order chi connectivity index (χ0) is 13.2. The Labute approximate surface area is 112 Å². The first-order valence-electron chi connectivity index (χ1n) is 6.94. The number of piperidine rings is 1. The van der Waals surface area contributed by atoms with Crippen LogP contribution < -0.4 is 10.6 Å². The average Bonchev–Trinajstić information content (AvgIpc) is 2.88. The van der Waals surface area contributed by atoms with Gasteiger partial charge in [0.2, 0.25) is 5.91 Å². The Morgan fingerprint density at radius 3 is 2.89 bits per heavy atom. The molecule has 1 aliphatic carbocycles. The molecule has 1 aliphatic heterocycles. The van der Waals surface area contributed by atoms with Gasteiger partial charge in [0, 0.05) is 12.1 Å². The second-order valence-electron chi connectivity index (χ2n) is 5.30. The van der Waals surface area contributed by atoms with E-state index in [1.54, 1.807) is 0 Å². The minimum Gasteiger partial charge on any atom is -0.354 e. The van der Waals surface area contributed by atoms with Crippen LogP contribution in [0.5, 0.6) is 0 Å². The molecule has 1 atom stereocenters. The first-order valence-corrected chi connectivity index (χ1v) is 6.94. The van der Waals surface area contributed by atoms with E-state index in [-0.39, 0.29) is 17.9 Å². The molecule has 2 aliphatic rings. The molecule has 1 heterocycles. The average molecular weight is 258 g/mol. The lowest BCUT2D eigenvalue weighted by atomic mass is 10.0. The highest BCUT2D eigenvalue weighted by Gasteiger charge is 2.24. The Morgan fingerprint density at radius 1 is 1.21 bits per heavy atom. The predicted octanol–water partition coefficient (Wildman–Crippen LogP) is 1.18. The van der Waals surface area contributed by atoms with Gasteiger partial charge in [0.25, 0.3) is 5.91 Å². The molecule has 100 valence electrons. The maximum absolute atomic E-state index is 12.2. The first kappa shape index (κ1) is 12.2. The number of rotatable bonds is 2. The molecule has 4 heteroatoms. The third-order valence-corrected chi connectivity index (χ3v) is 3.95. The van der Waals surface area contributed by atoms with E-state index in [9.17, 15) is 9.59 Å². The van der Waals surface area contributed by atoms with Crippen LogP contribution in [0.25, 0.3) is 0 Å². The molecule has 19 heavy (non-hydrogen) atoms. The molecule has 0 spiro atoms. The normalized spacial score (nSPS) is 21.7. The molecule has 4 nitrogen and oxygen atoms in total. The van der Waals surface area contributed by atoms with Gasteiger partial charge in [-0.25, -0.2) is 0 Å². The van der Waals surface area contributed by atoms with E-state index >= 15 is 0 Å². The van der Waals surface area contributed by atoms with Crippen LogP contribution in [-0.4, -0.2) is 24.4 Å². The second-order valence-corrected chi connectivity index (χ2v) is 5.30. The number of carbonyl (C=O) groups is 2. The fraction of sp³-hybridized carbons (Fsp3) is 0.467. The standard InChI is InChI=1S/C15H18N2O2/c18-14(17-13-5-2-8-16-15(13)19)12-7-6-10-3-1-4-11(10)9-12/h6-7,9,13H,1-5,8H2,(H,16,19)(H,17,18)/t13-/m1/s1. The molecule has 0 saturated carbocycles. The van der Waals surface area contributed by atoms with Gasteiger partial charge in [0.15, 0.2) is 0 Å². The van der Waals surface area contributed by atoms with Gasteiger partial charge in [-0.1, -0.05) is 6.07 Å². The smallest absolute Gasteiger partial charge is 0.251 e. The van der Waals surface area contributed by atoms with Gasteiger partial charge in [-0.05, 0) is 55.4 Å². The summed E-state index contributed by atoms with van der Waals surface area (Å²) in [7, 11) is 0. The maximum atomic E-state index is 12.2. The van der Waals surface area contributed by atoms with Gasteiger partial charge >= 0.3 is 0 Å². The number of carbonyl (C=O) groups excluding carboxylic acids is 2. The summed E-state index contributed by atoms with van der Waals surface area (Å²) >= 11 is 0. The molecule has 1 aromatic carbocycles. The predicted molar refractivity (Wildman–Crippen MR) is 72.0 cm³/mol. The Bertz CT molecular complexity index is 525. The highest BCUT2D eigenvalue weighted by atomic mass is 16.2. The molecule has 0 aromatic heterocycles. The summed E-state index contributed by atoms with van der Waals surface area (Å²) in [6.45, 7) is 0.712. The van der Waals surface area contributed by atoms with Gasteiger partial charge in [-0.3, -0.25) is 9.59 Å². The molecule has 2 N–H and O–H groups in total. The van der Waals surface area contributed by atoms with E-state index < -0.39 is 0 Å². The van der Waals surface area contributed by atoms with Crippen molar-refractivity contribution < 1.29 is 9.59 Å². The summed E-state index contributed by atoms with van der Waals surface area (Å²) in [6.07, 6.45) is 4.98. The van der Waals surface area contributed by atoms with Crippen molar-refractivity contribution in [3.63, 3.8) is 0 Å². The van der Waals surface area contributed by atoms with Crippen LogP contribution in [0.2, 0.25) is 0 Å². The molecule has 1 saturated heterocycles. The van der Waals surface area contributed by atoms with Crippen LogP contribution in [0.4, 0.5) is 0 Å². The van der Waals surface area contributed by atoms with E-state index in [1.165, 1.54) is 17.5 Å². The molecule has 0 bridgehead atoms. The van der Waals surface area contributed by atoms with Crippen LogP contribution >= 0.6 is 0 Å². The van der Waals surface area contributed by atoms with Crippen molar-refractivity contribution in [3.8, 4) is 0 Å². The summed E-state index contributed by atoms with van der Waals surface area (Å²) in [5, 5.41) is 5.60. The number of hydrogen-bond acceptors (Lipinski definition) is 2. The van der Waals surface area contributed by atoms with Crippen molar-refractivity contribution in [1.29, 1.82) is 0 Å². The van der Waals surface area contributed by atoms with Crippen molar-refractivity contribution in [1.82, 2.24) is 10.6 Å². The lowest BCUT2D eigenvalue weighted by Crippen LogP contribution is -2.50. The summed E-state index contributed by atoms with van der Waals surface area (Å²) in [4.78, 5) is 23.8. The van der Waals surface area contributed by atoms with E-state index in [1.807, 2.05) is 18.2 Å². The molecular weight excluding hydrogens is 240 g/mol. The largest absolute Gasteiger partial charge is 0.354 e. The zero-order valence-corrected chi connectivity index (χ0v) is 10.9. The third kappa shape index (κ3) is 2.48. The Kier molecular flexibility index (Phi) is 3.23. The van der Waals surface area contributed by atoms with Gasteiger partial charge in [0.05, 0.1) is 0 Å². The monoisotopic (exact) mass is 258 g/mol. The topological polar surface area (TPSA) is 58.2 Å². The van der Waals surface area contributed by atoms with Crippen molar-refractivity contribution in [2.45, 2.75) is 38.1 Å². The number of benzene rings is 1. The number of aryl methyl sites for hydroxylation is 2. The maximum Gasteiger partial charge on any atom is 0.251 e. The second kappa shape index (κ2) is 5.03. The van der Waals surface area contributed by atoms with Crippen LogP contribution in [0.3, 0.4) is 0 Å². The summed E-state index contributed by atoms with van der Waals surface area (Å²) in [5.74, 6) is -0.211. The van der Waals surface area contributed by atoms with Gasteiger partial charge < -0.3 is 10.6 Å². The van der Waals surface area contributed by atoms with E-state index in [2.05, 4.69) is 10.6 Å². The fourth-order valence-electron chi connectivity index (χ4n) is 2.86. The van der Waals surface area contributed by atoms with Gasteiger partial charge in [-0.2, -0.15) is 0 Å². The van der Waals surface area contributed by atoms with Crippen molar-refractivity contribution in [2.75, 3.05) is 6.54 Å². The number of amides is 2. The Balaban J connectivity index is 1.71. The summed E-state index contributed by atoms with van der Waals surface area (Å²) in [6, 6.07) is 5.49. The highest BCUT2D eigenvalue weighted by Crippen LogP contribution is 2.22. The fourth-order valence-corrected chi connectivity index (χ4v) is 2.86. The molecular formula is C15H18N2O2. The van der Waals surface area contributed by atoms with E-state index in [0.717, 1.165) is 25.7 Å². The SMILES string of the molecule is O=C(N[C@@H]1CCCNC1=O)c1ccc2c(c1)CCC2. The molecule has 0 radical (unpaired) electrons. The number of hydrogen-bond donors (Lipinski definition) is 2. The van der Waals surface area contributed by atoms with E-state index in [0.29, 0.717) is 12.1 Å². The zero-order valence-electron chi connectivity index (χ0n) is 10.9. The van der Waals surface area contributed by atoms with Gasteiger partial charge in [0.1, 0.15) is 6.04 Å². The van der Waals surface area contributed by atoms with E-state index in [4.69, 9.17) is 0 Å². The summed E-state index contributed by atoms with van der Waals surface area (Å²) < 4.78 is 0. The van der Waals surface area contributed by atoms with Crippen molar-refractivity contribution in [2.24, 2.45) is 0 Å². The van der Waals surface area contributed by atoms with Crippen LogP contribution in [0.15, 0.2) is 18.2 Å². The molecule has 1 fully saturated rings. The highest BCUT2D eigenvalue weighted by molar-refractivity contribution is 5.97. The van der Waals surface area contributed by atoms with Crippen LogP contribution in [-0.2, 0) is 17.6 Å². The first-order chi connectivity index (χ1) is 9.24. The number of nitrogens with one attached hydrogen (secondary N) is 2. The molecule has 0 unspecified atom stereocenters. The lowest BCUT2D eigenvalue weighted by Gasteiger charge is -2.22. The minimum absolute atomic E-state index is 0.0687. The molecule has 2 amide bonds. The number of fused-ring (bicyclic) bond motifs is 1. The van der Waals surface area contributed by atoms with Crippen LogP contribution in [0, 0.1) is 0 Å². The third-order valence-electron chi connectivity index (χ3n) is 3.95. The molecule has 1 aromatic rings. The van der Waals surface area contributed by atoms with Crippen LogP contribution in [0.1, 0.15) is 40.7 Å². The lowest BCUT2D eigenvalue weighted by molar-refractivity contribution is -0.124. The summed E-state index contributed by atoms with van der Waals surface area (Å²) in [5.41, 5.74) is 3.30. The van der Waals surface area contributed by atoms with Crippen molar-refractivity contribution >= 4 is 11.8 Å². The Hall–Kier alpha value is -1.84. The van der Waals surface area contributed by atoms with Crippen molar-refractivity contribution in [3.05, 3.63) is 34.9 Å². The molecule has 3 rings (SSSR count). The Morgan fingerprint density at radius 2 is 2.05 bits per heavy atom. The quantitative estimate of drug-likeness (QED) is 0.837. The van der Waals surface area contributed by atoms with Gasteiger partial charge in [-0.15, -0.1) is 0 Å².